The molecule has 0 bridgehead atoms. The Bertz CT molecular complexity index is 294. The van der Waals surface area contributed by atoms with Crippen LogP contribution in [0.5, 0.6) is 0 Å². The number of Topliss-reactive ketones (excluding diaryl/α,β-unsaturated/α-hetero) is 2. The van der Waals surface area contributed by atoms with Crippen molar-refractivity contribution in [2.24, 2.45) is 11.3 Å². The Labute approximate surface area is 98.1 Å². The second-order valence-corrected chi connectivity index (χ2v) is 5.73. The molecule has 16 heavy (non-hydrogen) atoms. The lowest BCUT2D eigenvalue weighted by Crippen LogP contribution is -2.18. The van der Waals surface area contributed by atoms with Gasteiger partial charge in [-0.2, -0.15) is 0 Å². The Balaban J connectivity index is 2.23. The molecule has 90 valence electrons. The maximum atomic E-state index is 11.6. The Morgan fingerprint density at radius 3 is 2.56 bits per heavy atom. The van der Waals surface area contributed by atoms with Crippen molar-refractivity contribution in [3.05, 3.63) is 12.2 Å². The SMILES string of the molecule is CC(C)(C)C(=O)C/C=C/CC1CCC(=O)C1. The summed E-state index contributed by atoms with van der Waals surface area (Å²) in [6.45, 7) is 5.83. The second kappa shape index (κ2) is 5.42. The topological polar surface area (TPSA) is 34.1 Å². The van der Waals surface area contributed by atoms with Gasteiger partial charge in [0.15, 0.2) is 0 Å². The number of carbonyl (C=O) groups is 2. The molecule has 1 aliphatic rings. The van der Waals surface area contributed by atoms with Gasteiger partial charge in [-0.15, -0.1) is 0 Å². The van der Waals surface area contributed by atoms with E-state index in [-0.39, 0.29) is 11.2 Å². The summed E-state index contributed by atoms with van der Waals surface area (Å²) in [6, 6.07) is 0. The fraction of sp³-hybridized carbons (Fsp3) is 0.714. The minimum Gasteiger partial charge on any atom is -0.300 e. The first-order valence-electron chi connectivity index (χ1n) is 6.09. The monoisotopic (exact) mass is 222 g/mol. The predicted molar refractivity (Wildman–Crippen MR) is 65.2 cm³/mol. The number of carbonyl (C=O) groups excluding carboxylic acids is 2. The van der Waals surface area contributed by atoms with Gasteiger partial charge >= 0.3 is 0 Å². The number of allylic oxidation sites excluding steroid dienone is 2. The summed E-state index contributed by atoms with van der Waals surface area (Å²) in [5.74, 6) is 1.18. The molecule has 0 N–H and O–H groups in total. The first kappa shape index (κ1) is 13.1. The number of rotatable bonds is 4. The van der Waals surface area contributed by atoms with Crippen LogP contribution in [0.25, 0.3) is 0 Å². The molecule has 0 aromatic carbocycles. The zero-order chi connectivity index (χ0) is 12.2. The van der Waals surface area contributed by atoms with Crippen LogP contribution in [0.15, 0.2) is 12.2 Å². The van der Waals surface area contributed by atoms with Gasteiger partial charge in [0.25, 0.3) is 0 Å². The number of hydrogen-bond acceptors (Lipinski definition) is 2. The second-order valence-electron chi connectivity index (χ2n) is 5.73. The van der Waals surface area contributed by atoms with Gasteiger partial charge in [-0.05, 0) is 18.8 Å². The van der Waals surface area contributed by atoms with E-state index >= 15 is 0 Å². The van der Waals surface area contributed by atoms with Crippen molar-refractivity contribution in [2.75, 3.05) is 0 Å². The molecule has 1 fully saturated rings. The molecule has 0 aromatic rings. The summed E-state index contributed by atoms with van der Waals surface area (Å²) in [4.78, 5) is 22.7. The third-order valence-electron chi connectivity index (χ3n) is 3.12. The molecule has 1 unspecified atom stereocenters. The van der Waals surface area contributed by atoms with Crippen molar-refractivity contribution < 1.29 is 9.59 Å². The fourth-order valence-electron chi connectivity index (χ4n) is 1.88. The highest BCUT2D eigenvalue weighted by Gasteiger charge is 2.21. The van der Waals surface area contributed by atoms with Crippen LogP contribution < -0.4 is 0 Å². The minimum absolute atomic E-state index is 0.242. The fourth-order valence-corrected chi connectivity index (χ4v) is 1.88. The third-order valence-corrected chi connectivity index (χ3v) is 3.12. The molecule has 0 aromatic heterocycles. The highest BCUT2D eigenvalue weighted by Crippen LogP contribution is 2.25. The van der Waals surface area contributed by atoms with Gasteiger partial charge in [0.2, 0.25) is 0 Å². The Hall–Kier alpha value is -0.920. The summed E-state index contributed by atoms with van der Waals surface area (Å²) in [5, 5.41) is 0. The lowest BCUT2D eigenvalue weighted by Gasteiger charge is -2.14. The summed E-state index contributed by atoms with van der Waals surface area (Å²) in [6.07, 6.45) is 7.99. The molecule has 0 saturated heterocycles. The highest BCUT2D eigenvalue weighted by atomic mass is 16.1. The Morgan fingerprint density at radius 1 is 1.38 bits per heavy atom. The highest BCUT2D eigenvalue weighted by molar-refractivity contribution is 5.84. The first-order chi connectivity index (χ1) is 7.39. The normalized spacial score (nSPS) is 21.9. The van der Waals surface area contributed by atoms with Crippen LogP contribution in [-0.2, 0) is 9.59 Å². The summed E-state index contributed by atoms with van der Waals surface area (Å²) < 4.78 is 0. The number of hydrogen-bond donors (Lipinski definition) is 0. The average molecular weight is 222 g/mol. The van der Waals surface area contributed by atoms with Crippen molar-refractivity contribution in [1.82, 2.24) is 0 Å². The van der Waals surface area contributed by atoms with Gasteiger partial charge in [-0.1, -0.05) is 32.9 Å². The van der Waals surface area contributed by atoms with E-state index in [0.717, 1.165) is 25.7 Å². The molecule has 0 aliphatic heterocycles. The van der Waals surface area contributed by atoms with E-state index in [1.807, 2.05) is 26.8 Å². The lowest BCUT2D eigenvalue weighted by atomic mass is 9.89. The van der Waals surface area contributed by atoms with Crippen molar-refractivity contribution in [3.8, 4) is 0 Å². The van der Waals surface area contributed by atoms with Crippen LogP contribution in [0.4, 0.5) is 0 Å². The van der Waals surface area contributed by atoms with Gasteiger partial charge in [-0.3, -0.25) is 9.59 Å². The zero-order valence-corrected chi connectivity index (χ0v) is 10.6. The molecule has 1 aliphatic carbocycles. The first-order valence-corrected chi connectivity index (χ1v) is 6.09. The smallest absolute Gasteiger partial charge is 0.141 e. The van der Waals surface area contributed by atoms with E-state index in [9.17, 15) is 9.59 Å². The zero-order valence-electron chi connectivity index (χ0n) is 10.6. The van der Waals surface area contributed by atoms with E-state index in [4.69, 9.17) is 0 Å². The predicted octanol–water partition coefficient (Wildman–Crippen LogP) is 3.31. The molecule has 0 amide bonds. The molecule has 0 radical (unpaired) electrons. The lowest BCUT2D eigenvalue weighted by molar-refractivity contribution is -0.125. The van der Waals surface area contributed by atoms with E-state index < -0.39 is 0 Å². The standard InChI is InChI=1S/C14H22O2/c1-14(2,3)13(16)7-5-4-6-11-8-9-12(15)10-11/h4-5,11H,6-10H2,1-3H3/b5-4+. The molecular weight excluding hydrogens is 200 g/mol. The maximum absolute atomic E-state index is 11.6. The van der Waals surface area contributed by atoms with Crippen LogP contribution in [0, 0.1) is 11.3 Å². The molecule has 1 atom stereocenters. The third kappa shape index (κ3) is 4.30. The van der Waals surface area contributed by atoms with Crippen LogP contribution in [0.2, 0.25) is 0 Å². The van der Waals surface area contributed by atoms with Crippen molar-refractivity contribution >= 4 is 11.6 Å². The largest absolute Gasteiger partial charge is 0.300 e. The van der Waals surface area contributed by atoms with Crippen LogP contribution in [-0.4, -0.2) is 11.6 Å². The van der Waals surface area contributed by atoms with Gasteiger partial charge < -0.3 is 0 Å². The average Bonchev–Trinajstić information content (AvgIpc) is 2.57. The van der Waals surface area contributed by atoms with Crippen molar-refractivity contribution in [3.63, 3.8) is 0 Å². The van der Waals surface area contributed by atoms with E-state index in [0.29, 0.717) is 18.1 Å². The Morgan fingerprint density at radius 2 is 2.06 bits per heavy atom. The Kier molecular flexibility index (Phi) is 4.45. The number of ketones is 2. The molecule has 0 heterocycles. The molecule has 1 rings (SSSR count). The van der Waals surface area contributed by atoms with Gasteiger partial charge in [0.05, 0.1) is 0 Å². The summed E-state index contributed by atoms with van der Waals surface area (Å²) in [5.41, 5.74) is -0.242. The minimum atomic E-state index is -0.242. The van der Waals surface area contributed by atoms with E-state index in [1.165, 1.54) is 0 Å². The van der Waals surface area contributed by atoms with Gasteiger partial charge in [-0.25, -0.2) is 0 Å². The molecule has 2 heteroatoms. The summed E-state index contributed by atoms with van der Waals surface area (Å²) >= 11 is 0. The van der Waals surface area contributed by atoms with Gasteiger partial charge in [0.1, 0.15) is 11.6 Å². The van der Waals surface area contributed by atoms with Crippen LogP contribution in [0.1, 0.15) is 52.9 Å². The molecular formula is C14H22O2. The molecule has 2 nitrogen and oxygen atoms in total. The van der Waals surface area contributed by atoms with Crippen molar-refractivity contribution in [2.45, 2.75) is 52.9 Å². The quantitative estimate of drug-likeness (QED) is 0.684. The maximum Gasteiger partial charge on any atom is 0.141 e. The van der Waals surface area contributed by atoms with Crippen LogP contribution >= 0.6 is 0 Å². The van der Waals surface area contributed by atoms with E-state index in [1.54, 1.807) is 0 Å². The van der Waals surface area contributed by atoms with Crippen LogP contribution in [0.3, 0.4) is 0 Å². The molecule has 0 spiro atoms. The van der Waals surface area contributed by atoms with Crippen molar-refractivity contribution in [1.29, 1.82) is 0 Å². The molecule has 1 saturated carbocycles. The van der Waals surface area contributed by atoms with Gasteiger partial charge in [0, 0.05) is 24.7 Å². The van der Waals surface area contributed by atoms with E-state index in [2.05, 4.69) is 6.08 Å². The summed E-state index contributed by atoms with van der Waals surface area (Å²) in [7, 11) is 0.